The molecule has 2 heterocycles. The fourth-order valence-electron chi connectivity index (χ4n) is 5.40. The van der Waals surface area contributed by atoms with Crippen molar-refractivity contribution in [2.24, 2.45) is 11.8 Å². The summed E-state index contributed by atoms with van der Waals surface area (Å²) in [6.45, 7) is 10.7. The highest BCUT2D eigenvalue weighted by molar-refractivity contribution is 6.02. The fourth-order valence-corrected chi connectivity index (χ4v) is 5.40. The maximum atomic E-state index is 14.2. The van der Waals surface area contributed by atoms with Crippen LogP contribution in [0.3, 0.4) is 0 Å². The molecule has 2 fully saturated rings. The summed E-state index contributed by atoms with van der Waals surface area (Å²) in [5.74, 6) is 0.308. The lowest BCUT2D eigenvalue weighted by atomic mass is 9.82. The van der Waals surface area contributed by atoms with Crippen LogP contribution in [-0.4, -0.2) is 64.0 Å². The maximum absolute atomic E-state index is 14.2. The molecule has 1 saturated carbocycles. The molecule has 2 amide bonds. The van der Waals surface area contributed by atoms with E-state index in [9.17, 15) is 14.4 Å². The summed E-state index contributed by atoms with van der Waals surface area (Å²) in [5.41, 5.74) is 0.480. The zero-order valence-electron chi connectivity index (χ0n) is 23.9. The second-order valence-corrected chi connectivity index (χ2v) is 11.7. The first-order valence-corrected chi connectivity index (χ1v) is 14.2. The summed E-state index contributed by atoms with van der Waals surface area (Å²) in [6.07, 6.45) is 6.09. The molecule has 2 aromatic rings. The van der Waals surface area contributed by atoms with Crippen LogP contribution in [0.2, 0.25) is 0 Å². The summed E-state index contributed by atoms with van der Waals surface area (Å²) in [6, 6.07) is 9.32. The Kier molecular flexibility index (Phi) is 8.97. The van der Waals surface area contributed by atoms with E-state index < -0.39 is 11.6 Å². The van der Waals surface area contributed by atoms with Gasteiger partial charge in [-0.05, 0) is 84.3 Å². The molecule has 2 aliphatic rings. The van der Waals surface area contributed by atoms with Gasteiger partial charge < -0.3 is 14.4 Å². The van der Waals surface area contributed by atoms with Crippen LogP contribution in [0.15, 0.2) is 36.5 Å². The summed E-state index contributed by atoms with van der Waals surface area (Å²) < 4.78 is 12.6. The van der Waals surface area contributed by atoms with Gasteiger partial charge in [0.25, 0.3) is 0 Å². The second kappa shape index (κ2) is 12.2. The van der Waals surface area contributed by atoms with Gasteiger partial charge in [0, 0.05) is 31.2 Å². The smallest absolute Gasteiger partial charge is 0.410 e. The van der Waals surface area contributed by atoms with Gasteiger partial charge in [0.05, 0.1) is 12.3 Å². The number of rotatable bonds is 6. The number of amides is 2. The Hall–Kier alpha value is -3.36. The lowest BCUT2D eigenvalue weighted by Gasteiger charge is -2.40. The highest BCUT2D eigenvalue weighted by Crippen LogP contribution is 2.35. The van der Waals surface area contributed by atoms with Crippen molar-refractivity contribution in [3.63, 3.8) is 0 Å². The number of hydrogen-bond acceptors (Lipinski definition) is 6. The minimum atomic E-state index is -0.577. The first-order chi connectivity index (χ1) is 18.6. The molecular formula is C30H42N4O5. The molecule has 0 unspecified atom stereocenters. The second-order valence-electron chi connectivity index (χ2n) is 11.7. The van der Waals surface area contributed by atoms with Crippen molar-refractivity contribution in [2.75, 3.05) is 24.6 Å². The third-order valence-corrected chi connectivity index (χ3v) is 7.52. The van der Waals surface area contributed by atoms with Crippen molar-refractivity contribution in [2.45, 2.75) is 84.8 Å². The number of carbonyl (C=O) groups excluding carboxylic acids is 3. The molecule has 0 spiro atoms. The Morgan fingerprint density at radius 2 is 1.64 bits per heavy atom. The van der Waals surface area contributed by atoms with E-state index in [1.807, 2.05) is 51.1 Å². The van der Waals surface area contributed by atoms with Crippen LogP contribution in [0, 0.1) is 11.8 Å². The number of nitrogens with zero attached hydrogens (tertiary/aromatic N) is 4. The summed E-state index contributed by atoms with van der Waals surface area (Å²) in [5, 5.41) is 4.81. The van der Waals surface area contributed by atoms with Crippen LogP contribution in [0.4, 0.5) is 10.6 Å². The molecule has 9 nitrogen and oxygen atoms in total. The number of benzene rings is 1. The van der Waals surface area contributed by atoms with Crippen LogP contribution in [0.1, 0.15) is 83.5 Å². The van der Waals surface area contributed by atoms with Crippen LogP contribution < -0.4 is 4.90 Å². The quantitative estimate of drug-likeness (QED) is 0.444. The number of anilines is 1. The number of carbonyl (C=O) groups is 3. The molecule has 0 bridgehead atoms. The van der Waals surface area contributed by atoms with Crippen LogP contribution in [-0.2, 0) is 14.3 Å². The Bertz CT molecular complexity index is 1140. The molecule has 1 aliphatic carbocycles. The zero-order valence-corrected chi connectivity index (χ0v) is 23.9. The predicted octanol–water partition coefficient (Wildman–Crippen LogP) is 5.61. The highest BCUT2D eigenvalue weighted by atomic mass is 16.6. The van der Waals surface area contributed by atoms with E-state index in [0.29, 0.717) is 37.7 Å². The van der Waals surface area contributed by atoms with E-state index in [4.69, 9.17) is 14.6 Å². The first-order valence-electron chi connectivity index (χ1n) is 14.2. The van der Waals surface area contributed by atoms with Crippen LogP contribution in [0.25, 0.3) is 5.69 Å². The van der Waals surface area contributed by atoms with E-state index >= 15 is 0 Å². The third kappa shape index (κ3) is 6.99. The number of piperidine rings is 1. The lowest BCUT2D eigenvalue weighted by molar-refractivity contribution is -0.124. The normalized spacial score (nSPS) is 20.4. The van der Waals surface area contributed by atoms with Gasteiger partial charge in [0.1, 0.15) is 11.2 Å². The number of aromatic nitrogens is 2. The van der Waals surface area contributed by atoms with Gasteiger partial charge in [-0.15, -0.1) is 5.10 Å². The van der Waals surface area contributed by atoms with Crippen molar-refractivity contribution in [3.05, 3.63) is 42.1 Å². The van der Waals surface area contributed by atoms with Gasteiger partial charge in [-0.3, -0.25) is 9.69 Å². The molecule has 0 N–H and O–H groups in total. The number of para-hydroxylation sites is 1. The highest BCUT2D eigenvalue weighted by Gasteiger charge is 2.39. The Balaban J connectivity index is 1.68. The van der Waals surface area contributed by atoms with Crippen molar-refractivity contribution >= 4 is 23.8 Å². The number of hydrogen-bond donors (Lipinski definition) is 0. The van der Waals surface area contributed by atoms with E-state index in [0.717, 1.165) is 31.4 Å². The van der Waals surface area contributed by atoms with Gasteiger partial charge in [0.15, 0.2) is 5.82 Å². The minimum Gasteiger partial charge on any atom is -0.462 e. The van der Waals surface area contributed by atoms with Crippen LogP contribution >= 0.6 is 0 Å². The van der Waals surface area contributed by atoms with Crippen molar-refractivity contribution < 1.29 is 23.9 Å². The maximum Gasteiger partial charge on any atom is 0.410 e. The van der Waals surface area contributed by atoms with Crippen LogP contribution in [0.5, 0.6) is 0 Å². The van der Waals surface area contributed by atoms with Crippen molar-refractivity contribution in [1.29, 1.82) is 0 Å². The number of ether oxygens (including phenoxy) is 2. The van der Waals surface area contributed by atoms with Gasteiger partial charge >= 0.3 is 12.1 Å². The Morgan fingerprint density at radius 1 is 1.00 bits per heavy atom. The molecule has 0 atom stereocenters. The molecule has 1 aliphatic heterocycles. The topological polar surface area (TPSA) is 94.0 Å². The molecule has 1 aromatic carbocycles. The molecule has 212 valence electrons. The van der Waals surface area contributed by atoms with E-state index in [-0.39, 0.29) is 36.1 Å². The predicted molar refractivity (Wildman–Crippen MR) is 149 cm³/mol. The molecule has 1 saturated heterocycles. The SMILES string of the molecule is CCOC(=O)c1cn(-c2ccccc2)nc1N(C(=O)[C@H]1CC[C@H](C)CC1)C1CCN(C(=O)OC(C)(C)C)CC1. The Morgan fingerprint density at radius 3 is 2.23 bits per heavy atom. The average molecular weight is 539 g/mol. The monoisotopic (exact) mass is 538 g/mol. The summed E-state index contributed by atoms with van der Waals surface area (Å²) >= 11 is 0. The number of likely N-dealkylation sites (tertiary alicyclic amines) is 1. The van der Waals surface area contributed by atoms with Gasteiger partial charge in [-0.1, -0.05) is 25.1 Å². The Labute approximate surface area is 231 Å². The van der Waals surface area contributed by atoms with E-state index in [2.05, 4.69) is 6.92 Å². The molecule has 9 heteroatoms. The van der Waals surface area contributed by atoms with Gasteiger partial charge in [-0.2, -0.15) is 0 Å². The third-order valence-electron chi connectivity index (χ3n) is 7.52. The fraction of sp³-hybridized carbons (Fsp3) is 0.600. The molecule has 4 rings (SSSR count). The van der Waals surface area contributed by atoms with Gasteiger partial charge in [-0.25, -0.2) is 14.3 Å². The summed E-state index contributed by atoms with van der Waals surface area (Å²) in [7, 11) is 0. The zero-order chi connectivity index (χ0) is 28.2. The van der Waals surface area contributed by atoms with E-state index in [1.54, 1.807) is 27.6 Å². The molecular weight excluding hydrogens is 496 g/mol. The first kappa shape index (κ1) is 28.6. The van der Waals surface area contributed by atoms with E-state index in [1.165, 1.54) is 0 Å². The van der Waals surface area contributed by atoms with Gasteiger partial charge in [0.2, 0.25) is 5.91 Å². The molecule has 0 radical (unpaired) electrons. The molecule has 1 aromatic heterocycles. The van der Waals surface area contributed by atoms with Crippen molar-refractivity contribution in [3.8, 4) is 5.69 Å². The largest absolute Gasteiger partial charge is 0.462 e. The minimum absolute atomic E-state index is 0.00137. The molecule has 39 heavy (non-hydrogen) atoms. The standard InChI is InChI=1S/C30H42N4O5/c1-6-38-28(36)25-20-33(23-10-8-7-9-11-23)31-26(25)34(27(35)22-14-12-21(2)13-15-22)24-16-18-32(19-17-24)29(37)39-30(3,4)5/h7-11,20-22,24H,6,12-19H2,1-5H3/t21-,22-. The number of esters is 1. The summed E-state index contributed by atoms with van der Waals surface area (Å²) in [4.78, 5) is 43.5. The van der Waals surface area contributed by atoms with Crippen molar-refractivity contribution in [1.82, 2.24) is 14.7 Å². The lowest BCUT2D eigenvalue weighted by Crippen LogP contribution is -2.52. The average Bonchev–Trinajstić information content (AvgIpc) is 3.34.